The van der Waals surface area contributed by atoms with Gasteiger partial charge in [0, 0.05) is 0 Å². The van der Waals surface area contributed by atoms with E-state index in [1.165, 1.54) is 0 Å². The molecule has 2 rings (SSSR count). The second-order valence-electron chi connectivity index (χ2n) is 3.67. The zero-order chi connectivity index (χ0) is 15.6. The fourth-order valence-corrected chi connectivity index (χ4v) is 1.50. The van der Waals surface area contributed by atoms with Gasteiger partial charge in [-0.05, 0) is 12.1 Å². The van der Waals surface area contributed by atoms with E-state index >= 15 is 0 Å². The summed E-state index contributed by atoms with van der Waals surface area (Å²) in [4.78, 5) is 17.2. The second kappa shape index (κ2) is 5.58. The first-order valence-electron chi connectivity index (χ1n) is 5.32. The molecular formula is C10H7F3N6O2. The highest BCUT2D eigenvalue weighted by Crippen LogP contribution is 2.31. The van der Waals surface area contributed by atoms with Crippen molar-refractivity contribution in [3.8, 4) is 0 Å². The van der Waals surface area contributed by atoms with Gasteiger partial charge < -0.3 is 10.7 Å². The highest BCUT2D eigenvalue weighted by Gasteiger charge is 2.24. The van der Waals surface area contributed by atoms with E-state index in [1.807, 2.05) is 5.43 Å². The highest BCUT2D eigenvalue weighted by atomic mass is 19.2. The molecule has 0 bridgehead atoms. The second-order valence-corrected chi connectivity index (χ2v) is 3.67. The topological polar surface area (TPSA) is 119 Å². The Morgan fingerprint density at radius 3 is 2.43 bits per heavy atom. The first-order valence-corrected chi connectivity index (χ1v) is 5.32. The molecule has 0 atom stereocenters. The van der Waals surface area contributed by atoms with Crippen molar-refractivity contribution in [2.45, 2.75) is 0 Å². The van der Waals surface area contributed by atoms with Gasteiger partial charge in [-0.2, -0.15) is 0 Å². The largest absolute Gasteiger partial charge is 0.354 e. The van der Waals surface area contributed by atoms with Crippen molar-refractivity contribution in [2.24, 2.45) is 5.84 Å². The average Bonchev–Trinajstić information content (AvgIpc) is 2.47. The lowest BCUT2D eigenvalue weighted by Gasteiger charge is -2.09. The number of nitrogens with zero attached hydrogens (tertiary/aromatic N) is 3. The Morgan fingerprint density at radius 1 is 1.14 bits per heavy atom. The molecule has 0 amide bonds. The van der Waals surface area contributed by atoms with E-state index in [0.29, 0.717) is 6.07 Å². The molecule has 0 unspecified atom stereocenters. The van der Waals surface area contributed by atoms with Gasteiger partial charge in [0.1, 0.15) is 6.33 Å². The number of nitro groups is 1. The molecule has 1 aromatic heterocycles. The maximum Gasteiger partial charge on any atom is 0.354 e. The lowest BCUT2D eigenvalue weighted by molar-refractivity contribution is -0.383. The van der Waals surface area contributed by atoms with Crippen molar-refractivity contribution >= 4 is 23.0 Å². The molecule has 0 saturated heterocycles. The number of nitrogen functional groups attached to an aromatic ring is 1. The molecule has 0 fully saturated rings. The van der Waals surface area contributed by atoms with Gasteiger partial charge in [0.15, 0.2) is 17.5 Å². The Hall–Kier alpha value is -2.95. The van der Waals surface area contributed by atoms with Crippen molar-refractivity contribution < 1.29 is 18.1 Å². The zero-order valence-electron chi connectivity index (χ0n) is 10.1. The number of nitrogens with one attached hydrogen (secondary N) is 2. The monoisotopic (exact) mass is 300 g/mol. The minimum absolute atomic E-state index is 0.333. The van der Waals surface area contributed by atoms with Crippen LogP contribution in [0.5, 0.6) is 0 Å². The van der Waals surface area contributed by atoms with Gasteiger partial charge in [-0.1, -0.05) is 0 Å². The van der Waals surface area contributed by atoms with Crippen LogP contribution in [0.4, 0.5) is 36.2 Å². The van der Waals surface area contributed by atoms with Crippen molar-refractivity contribution in [1.82, 2.24) is 9.97 Å². The maximum atomic E-state index is 13.5. The lowest BCUT2D eigenvalue weighted by Crippen LogP contribution is -2.13. The highest BCUT2D eigenvalue weighted by molar-refractivity contribution is 5.73. The summed E-state index contributed by atoms with van der Waals surface area (Å²) in [5.41, 5.74) is 0.772. The van der Waals surface area contributed by atoms with Crippen LogP contribution < -0.4 is 16.6 Å². The molecule has 0 aliphatic rings. The van der Waals surface area contributed by atoms with Crippen molar-refractivity contribution in [3.63, 3.8) is 0 Å². The van der Waals surface area contributed by atoms with Gasteiger partial charge in [-0.25, -0.2) is 29.0 Å². The number of hydrazine groups is 1. The molecular weight excluding hydrogens is 293 g/mol. The van der Waals surface area contributed by atoms with Gasteiger partial charge in [0.05, 0.1) is 10.6 Å². The van der Waals surface area contributed by atoms with E-state index in [1.54, 1.807) is 0 Å². The van der Waals surface area contributed by atoms with Gasteiger partial charge in [0.25, 0.3) is 0 Å². The summed E-state index contributed by atoms with van der Waals surface area (Å²) < 4.78 is 39.5. The standard InChI is InChI=1S/C10H7F3N6O2/c11-4-1-2-5(7(13)6(4)12)17-9-8(19(20)21)10(18-14)16-3-15-9/h1-3H,14H2,(H2,15,16,17,18). The molecule has 21 heavy (non-hydrogen) atoms. The smallest absolute Gasteiger partial charge is 0.332 e. The molecule has 0 aliphatic carbocycles. The number of nitrogens with two attached hydrogens (primary N) is 1. The predicted octanol–water partition coefficient (Wildman–Crippen LogP) is 1.83. The molecule has 8 nitrogen and oxygen atoms in total. The third-order valence-corrected chi connectivity index (χ3v) is 2.43. The normalized spacial score (nSPS) is 10.3. The van der Waals surface area contributed by atoms with Crippen LogP contribution in [0.1, 0.15) is 0 Å². The van der Waals surface area contributed by atoms with Crippen molar-refractivity contribution in [3.05, 3.63) is 46.0 Å². The summed E-state index contributed by atoms with van der Waals surface area (Å²) in [6.07, 6.45) is 0.919. The summed E-state index contributed by atoms with van der Waals surface area (Å²) in [6, 6.07) is 1.53. The Labute approximate surface area is 114 Å². The summed E-state index contributed by atoms with van der Waals surface area (Å²) in [7, 11) is 0. The van der Waals surface area contributed by atoms with Crippen LogP contribution in [-0.4, -0.2) is 14.9 Å². The summed E-state index contributed by atoms with van der Waals surface area (Å²) in [5.74, 6) is -0.342. The van der Waals surface area contributed by atoms with Crippen molar-refractivity contribution in [2.75, 3.05) is 10.7 Å². The molecule has 0 aliphatic heterocycles. The lowest BCUT2D eigenvalue weighted by atomic mass is 10.2. The van der Waals surface area contributed by atoms with Crippen LogP contribution in [0, 0.1) is 27.6 Å². The van der Waals surface area contributed by atoms with Crippen LogP contribution >= 0.6 is 0 Å². The molecule has 0 saturated carbocycles. The molecule has 1 aromatic carbocycles. The van der Waals surface area contributed by atoms with Gasteiger partial charge in [0.2, 0.25) is 11.6 Å². The summed E-state index contributed by atoms with van der Waals surface area (Å²) in [5, 5.41) is 13.2. The Bertz CT molecular complexity index is 711. The molecule has 11 heteroatoms. The molecule has 110 valence electrons. The first-order chi connectivity index (χ1) is 9.95. The Morgan fingerprint density at radius 2 is 1.81 bits per heavy atom. The van der Waals surface area contributed by atoms with E-state index in [9.17, 15) is 23.3 Å². The average molecular weight is 300 g/mol. The maximum absolute atomic E-state index is 13.5. The SMILES string of the molecule is NNc1ncnc(Nc2ccc(F)c(F)c2F)c1[N+](=O)[O-]. The number of halogens is 3. The third kappa shape index (κ3) is 2.67. The number of benzene rings is 1. The molecule has 1 heterocycles. The number of hydrogen-bond acceptors (Lipinski definition) is 7. The number of rotatable bonds is 4. The van der Waals surface area contributed by atoms with E-state index in [4.69, 9.17) is 5.84 Å². The number of aromatic nitrogens is 2. The molecule has 0 radical (unpaired) electrons. The van der Waals surface area contributed by atoms with Crippen LogP contribution in [0.2, 0.25) is 0 Å². The Kier molecular flexibility index (Phi) is 3.84. The van der Waals surface area contributed by atoms with E-state index in [0.717, 1.165) is 12.4 Å². The van der Waals surface area contributed by atoms with Crippen LogP contribution in [-0.2, 0) is 0 Å². The number of anilines is 3. The zero-order valence-corrected chi connectivity index (χ0v) is 10.1. The van der Waals surface area contributed by atoms with Gasteiger partial charge >= 0.3 is 5.69 Å². The Balaban J connectivity index is 2.50. The summed E-state index contributed by atoms with van der Waals surface area (Å²) in [6.45, 7) is 0. The summed E-state index contributed by atoms with van der Waals surface area (Å²) >= 11 is 0. The van der Waals surface area contributed by atoms with Crippen LogP contribution in [0.3, 0.4) is 0 Å². The van der Waals surface area contributed by atoms with E-state index in [2.05, 4.69) is 15.3 Å². The fraction of sp³-hybridized carbons (Fsp3) is 0. The third-order valence-electron chi connectivity index (χ3n) is 2.43. The molecule has 2 aromatic rings. The fourth-order valence-electron chi connectivity index (χ4n) is 1.50. The van der Waals surface area contributed by atoms with Crippen molar-refractivity contribution in [1.29, 1.82) is 0 Å². The van der Waals surface area contributed by atoms with Gasteiger partial charge in [-0.15, -0.1) is 0 Å². The van der Waals surface area contributed by atoms with Crippen LogP contribution in [0.15, 0.2) is 18.5 Å². The van der Waals surface area contributed by atoms with Gasteiger partial charge in [-0.3, -0.25) is 10.1 Å². The first kappa shape index (κ1) is 14.5. The van der Waals surface area contributed by atoms with Crippen LogP contribution in [0.25, 0.3) is 0 Å². The minimum atomic E-state index is -1.71. The predicted molar refractivity (Wildman–Crippen MR) is 66.1 cm³/mol. The van der Waals surface area contributed by atoms with E-state index < -0.39 is 39.6 Å². The number of hydrogen-bond donors (Lipinski definition) is 3. The molecule has 0 spiro atoms. The minimum Gasteiger partial charge on any atom is -0.332 e. The van der Waals surface area contributed by atoms with E-state index in [-0.39, 0.29) is 5.82 Å². The quantitative estimate of drug-likeness (QED) is 0.341. The molecule has 4 N–H and O–H groups in total.